The molecule has 2 rings (SSSR count). The molecule has 0 saturated heterocycles. The Morgan fingerprint density at radius 1 is 1.33 bits per heavy atom. The second-order valence-electron chi connectivity index (χ2n) is 4.39. The predicted molar refractivity (Wildman–Crippen MR) is 76.5 cm³/mol. The number of fused-ring (bicyclic) bond motifs is 1. The highest BCUT2D eigenvalue weighted by Gasteiger charge is 2.16. The molecule has 0 unspecified atom stereocenters. The predicted octanol–water partition coefficient (Wildman–Crippen LogP) is 2.98. The van der Waals surface area contributed by atoms with Crippen molar-refractivity contribution in [3.8, 4) is 0 Å². The number of anilines is 1. The molecule has 0 fully saturated rings. The van der Waals surface area contributed by atoms with Crippen LogP contribution in [0.1, 0.15) is 12.5 Å². The average Bonchev–Trinajstić information content (AvgIpc) is 2.79. The van der Waals surface area contributed by atoms with Gasteiger partial charge in [-0.3, -0.25) is 4.90 Å². The molecule has 18 heavy (non-hydrogen) atoms. The quantitative estimate of drug-likeness (QED) is 0.835. The van der Waals surface area contributed by atoms with Gasteiger partial charge in [-0.1, -0.05) is 24.3 Å². The number of thiazole rings is 1. The molecule has 1 heterocycles. The number of aromatic nitrogens is 1. The van der Waals surface area contributed by atoms with Crippen LogP contribution in [0.15, 0.2) is 18.2 Å². The van der Waals surface area contributed by atoms with Crippen LogP contribution in [0.5, 0.6) is 0 Å². The maximum absolute atomic E-state index is 11.9. The van der Waals surface area contributed by atoms with E-state index in [1.807, 2.05) is 0 Å². The third-order valence-corrected chi connectivity index (χ3v) is 3.92. The molecule has 0 spiro atoms. The molecule has 0 atom stereocenters. The molecule has 1 aromatic carbocycles. The molecular weight excluding hydrogens is 246 g/mol. The van der Waals surface area contributed by atoms with Crippen molar-refractivity contribution < 1.29 is 4.79 Å². The summed E-state index contributed by atoms with van der Waals surface area (Å²) in [6, 6.07) is 6.20. The van der Waals surface area contributed by atoms with Gasteiger partial charge in [0.05, 0.1) is 10.2 Å². The number of carbonyl (C=O) groups is 1. The normalized spacial score (nSPS) is 10.7. The summed E-state index contributed by atoms with van der Waals surface area (Å²) >= 11 is 1.54. The highest BCUT2D eigenvalue weighted by molar-refractivity contribution is 7.22. The fourth-order valence-corrected chi connectivity index (χ4v) is 2.61. The van der Waals surface area contributed by atoms with Gasteiger partial charge in [0, 0.05) is 21.1 Å². The Labute approximate surface area is 111 Å². The van der Waals surface area contributed by atoms with Crippen LogP contribution in [-0.4, -0.2) is 37.1 Å². The van der Waals surface area contributed by atoms with Gasteiger partial charge in [-0.15, -0.1) is 0 Å². The second-order valence-corrected chi connectivity index (χ2v) is 5.40. The molecular formula is C13H17N3OS. The number of urea groups is 1. The van der Waals surface area contributed by atoms with Crippen molar-refractivity contribution in [2.45, 2.75) is 13.3 Å². The van der Waals surface area contributed by atoms with Gasteiger partial charge in [0.2, 0.25) is 0 Å². The number of nitrogens with zero attached hydrogens (tertiary/aromatic N) is 3. The van der Waals surface area contributed by atoms with Crippen LogP contribution >= 0.6 is 11.3 Å². The molecule has 1 aromatic heterocycles. The van der Waals surface area contributed by atoms with E-state index in [9.17, 15) is 4.79 Å². The van der Waals surface area contributed by atoms with Gasteiger partial charge in [-0.05, 0) is 24.1 Å². The summed E-state index contributed by atoms with van der Waals surface area (Å²) in [5, 5.41) is 0.733. The van der Waals surface area contributed by atoms with Gasteiger partial charge in [0.1, 0.15) is 0 Å². The molecule has 2 aromatic rings. The van der Waals surface area contributed by atoms with Crippen molar-refractivity contribution >= 4 is 32.7 Å². The monoisotopic (exact) mass is 263 g/mol. The zero-order valence-electron chi connectivity index (χ0n) is 11.1. The van der Waals surface area contributed by atoms with Crippen molar-refractivity contribution in [3.63, 3.8) is 0 Å². The van der Waals surface area contributed by atoms with Gasteiger partial charge in [-0.2, -0.15) is 0 Å². The fourth-order valence-electron chi connectivity index (χ4n) is 1.71. The number of amides is 2. The lowest BCUT2D eigenvalue weighted by atomic mass is 10.2. The first kappa shape index (κ1) is 12.8. The summed E-state index contributed by atoms with van der Waals surface area (Å²) in [6.45, 7) is 2.12. The molecule has 2 amide bonds. The summed E-state index contributed by atoms with van der Waals surface area (Å²) in [5.41, 5.74) is 2.23. The molecule has 0 bridgehead atoms. The Hall–Kier alpha value is -1.62. The minimum Gasteiger partial charge on any atom is -0.330 e. The molecule has 0 aliphatic heterocycles. The van der Waals surface area contributed by atoms with E-state index in [0.29, 0.717) is 0 Å². The van der Waals surface area contributed by atoms with Crippen LogP contribution in [-0.2, 0) is 6.42 Å². The minimum atomic E-state index is -0.0650. The van der Waals surface area contributed by atoms with Crippen LogP contribution in [0.4, 0.5) is 9.93 Å². The van der Waals surface area contributed by atoms with Crippen LogP contribution in [0.2, 0.25) is 0 Å². The van der Waals surface area contributed by atoms with Crippen LogP contribution < -0.4 is 4.90 Å². The lowest BCUT2D eigenvalue weighted by Crippen LogP contribution is -2.36. The smallest absolute Gasteiger partial charge is 0.325 e. The Morgan fingerprint density at radius 2 is 2.06 bits per heavy atom. The zero-order chi connectivity index (χ0) is 13.3. The van der Waals surface area contributed by atoms with Gasteiger partial charge in [-0.25, -0.2) is 9.78 Å². The summed E-state index contributed by atoms with van der Waals surface area (Å²) in [5.74, 6) is 0. The molecule has 0 aliphatic rings. The highest BCUT2D eigenvalue weighted by atomic mass is 32.1. The first-order valence-electron chi connectivity index (χ1n) is 5.87. The van der Waals surface area contributed by atoms with E-state index in [4.69, 9.17) is 0 Å². The largest absolute Gasteiger partial charge is 0.330 e. The summed E-state index contributed by atoms with van der Waals surface area (Å²) in [6.07, 6.45) is 0.995. The summed E-state index contributed by atoms with van der Waals surface area (Å²) < 4.78 is 1.11. The summed E-state index contributed by atoms with van der Waals surface area (Å²) in [7, 11) is 5.23. The maximum atomic E-state index is 11.9. The van der Waals surface area contributed by atoms with E-state index in [2.05, 4.69) is 30.1 Å². The van der Waals surface area contributed by atoms with Crippen molar-refractivity contribution in [3.05, 3.63) is 23.8 Å². The van der Waals surface area contributed by atoms with Crippen LogP contribution in [0.3, 0.4) is 0 Å². The van der Waals surface area contributed by atoms with E-state index in [0.717, 1.165) is 21.8 Å². The van der Waals surface area contributed by atoms with E-state index < -0.39 is 0 Å². The Balaban J connectivity index is 2.38. The minimum absolute atomic E-state index is 0.0650. The van der Waals surface area contributed by atoms with Gasteiger partial charge in [0.15, 0.2) is 5.13 Å². The topological polar surface area (TPSA) is 36.4 Å². The van der Waals surface area contributed by atoms with Crippen molar-refractivity contribution in [1.82, 2.24) is 9.88 Å². The lowest BCUT2D eigenvalue weighted by molar-refractivity contribution is 0.225. The molecule has 4 nitrogen and oxygen atoms in total. The fraction of sp³-hybridized carbons (Fsp3) is 0.385. The van der Waals surface area contributed by atoms with E-state index in [1.54, 1.807) is 30.9 Å². The molecule has 0 aliphatic carbocycles. The number of hydrogen-bond donors (Lipinski definition) is 0. The number of carbonyl (C=O) groups excluding carboxylic acids is 1. The average molecular weight is 263 g/mol. The molecule has 5 heteroatoms. The maximum Gasteiger partial charge on any atom is 0.325 e. The first-order chi connectivity index (χ1) is 8.52. The number of aryl methyl sites for hydroxylation is 1. The van der Waals surface area contributed by atoms with E-state index >= 15 is 0 Å². The first-order valence-corrected chi connectivity index (χ1v) is 6.69. The van der Waals surface area contributed by atoms with Crippen LogP contribution in [0.25, 0.3) is 10.2 Å². The summed E-state index contributed by atoms with van der Waals surface area (Å²) in [4.78, 5) is 19.5. The van der Waals surface area contributed by atoms with Gasteiger partial charge < -0.3 is 4.90 Å². The van der Waals surface area contributed by atoms with Crippen molar-refractivity contribution in [2.24, 2.45) is 0 Å². The van der Waals surface area contributed by atoms with Crippen molar-refractivity contribution in [1.29, 1.82) is 0 Å². The standard InChI is InChI=1S/C13H17N3OS/c1-5-9-6-7-11-10(8-9)14-12(18-11)16(4)13(17)15(2)3/h6-8H,5H2,1-4H3. The van der Waals surface area contributed by atoms with Crippen molar-refractivity contribution in [2.75, 3.05) is 26.0 Å². The Morgan fingerprint density at radius 3 is 2.67 bits per heavy atom. The Kier molecular flexibility index (Phi) is 3.52. The van der Waals surface area contributed by atoms with Gasteiger partial charge >= 0.3 is 6.03 Å². The number of rotatable bonds is 2. The number of hydrogen-bond acceptors (Lipinski definition) is 3. The molecule has 0 radical (unpaired) electrons. The third kappa shape index (κ3) is 2.31. The van der Waals surface area contributed by atoms with E-state index in [-0.39, 0.29) is 6.03 Å². The molecule has 0 N–H and O–H groups in total. The Bertz CT molecular complexity index is 577. The SMILES string of the molecule is CCc1ccc2sc(N(C)C(=O)N(C)C)nc2c1. The number of benzene rings is 1. The second kappa shape index (κ2) is 4.94. The van der Waals surface area contributed by atoms with Gasteiger partial charge in [0.25, 0.3) is 0 Å². The van der Waals surface area contributed by atoms with Crippen LogP contribution in [0, 0.1) is 0 Å². The lowest BCUT2D eigenvalue weighted by Gasteiger charge is -2.18. The van der Waals surface area contributed by atoms with E-state index in [1.165, 1.54) is 16.9 Å². The zero-order valence-corrected chi connectivity index (χ0v) is 11.9. The third-order valence-electron chi connectivity index (χ3n) is 2.81. The molecule has 96 valence electrons. The molecule has 0 saturated carbocycles. The highest BCUT2D eigenvalue weighted by Crippen LogP contribution is 2.29.